The summed E-state index contributed by atoms with van der Waals surface area (Å²) >= 11 is 0. The van der Waals surface area contributed by atoms with Gasteiger partial charge in [0.2, 0.25) is 5.91 Å². The Morgan fingerprint density at radius 3 is 2.19 bits per heavy atom. The molecule has 120 valence electrons. The van der Waals surface area contributed by atoms with Crippen LogP contribution in [0.2, 0.25) is 0 Å². The van der Waals surface area contributed by atoms with Crippen molar-refractivity contribution >= 4 is 18.0 Å². The van der Waals surface area contributed by atoms with Crippen LogP contribution < -0.4 is 10.4 Å². The van der Waals surface area contributed by atoms with E-state index in [0.29, 0.717) is 25.9 Å². The van der Waals surface area contributed by atoms with Gasteiger partial charge in [0.1, 0.15) is 11.6 Å². The van der Waals surface area contributed by atoms with Crippen LogP contribution in [0.5, 0.6) is 0 Å². The number of carboxylic acid groups (broad SMARTS) is 1. The van der Waals surface area contributed by atoms with Gasteiger partial charge >= 0.3 is 6.09 Å². The predicted octanol–water partition coefficient (Wildman–Crippen LogP) is -0.112. The Balaban J connectivity index is 2.45. The van der Waals surface area contributed by atoms with E-state index in [-0.39, 0.29) is 5.91 Å². The number of piperidine rings is 1. The molecule has 1 rings (SSSR count). The van der Waals surface area contributed by atoms with E-state index < -0.39 is 29.6 Å². The summed E-state index contributed by atoms with van der Waals surface area (Å²) in [5.74, 6) is -1.80. The molecule has 0 aromatic carbocycles. The normalized spacial score (nSPS) is 18.0. The minimum atomic E-state index is -1.07. The number of nitrogens with zero attached hydrogens (tertiary/aromatic N) is 1. The molecule has 2 amide bonds. The Morgan fingerprint density at radius 1 is 1.24 bits per heavy atom. The molecule has 1 aliphatic rings. The first-order valence-electron chi connectivity index (χ1n) is 7.09. The van der Waals surface area contributed by atoms with Gasteiger partial charge in [-0.25, -0.2) is 4.79 Å². The van der Waals surface area contributed by atoms with Crippen molar-refractivity contribution < 1.29 is 24.2 Å². The molecule has 0 aliphatic carbocycles. The highest BCUT2D eigenvalue weighted by Gasteiger charge is 2.28. The van der Waals surface area contributed by atoms with E-state index in [2.05, 4.69) is 5.32 Å². The highest BCUT2D eigenvalue weighted by molar-refractivity contribution is 5.85. The molecule has 1 N–H and O–H groups in total. The summed E-state index contributed by atoms with van der Waals surface area (Å²) in [7, 11) is 0. The van der Waals surface area contributed by atoms with Crippen molar-refractivity contribution in [2.75, 3.05) is 13.1 Å². The van der Waals surface area contributed by atoms with Crippen molar-refractivity contribution in [2.24, 2.45) is 5.92 Å². The lowest BCUT2D eigenvalue weighted by Gasteiger charge is -2.34. The summed E-state index contributed by atoms with van der Waals surface area (Å²) in [5.41, 5.74) is -0.625. The number of carbonyl (C=O) groups excluding carboxylic acids is 3. The van der Waals surface area contributed by atoms with Gasteiger partial charge < -0.3 is 24.9 Å². The van der Waals surface area contributed by atoms with Crippen LogP contribution in [0, 0.1) is 5.92 Å². The molecular formula is C14H23N2O5-. The Bertz CT molecular complexity index is 408. The van der Waals surface area contributed by atoms with E-state index >= 15 is 0 Å². The summed E-state index contributed by atoms with van der Waals surface area (Å²) in [4.78, 5) is 36.1. The molecule has 1 heterocycles. The van der Waals surface area contributed by atoms with E-state index in [4.69, 9.17) is 4.74 Å². The third-order valence-electron chi connectivity index (χ3n) is 3.24. The highest BCUT2D eigenvalue weighted by Crippen LogP contribution is 2.17. The Kier molecular flexibility index (Phi) is 5.57. The van der Waals surface area contributed by atoms with Crippen LogP contribution in [0.1, 0.15) is 40.5 Å². The smallest absolute Gasteiger partial charge is 0.408 e. The number of carbonyl (C=O) groups is 3. The number of carboxylic acids is 1. The lowest BCUT2D eigenvalue weighted by atomic mass is 9.97. The fraction of sp³-hybridized carbons (Fsp3) is 0.786. The lowest BCUT2D eigenvalue weighted by molar-refractivity contribution is -0.312. The average molecular weight is 299 g/mol. The zero-order chi connectivity index (χ0) is 16.2. The third kappa shape index (κ3) is 5.61. The highest BCUT2D eigenvalue weighted by atomic mass is 16.6. The van der Waals surface area contributed by atoms with Crippen LogP contribution in [-0.4, -0.2) is 47.6 Å². The number of hydrogen-bond acceptors (Lipinski definition) is 5. The zero-order valence-electron chi connectivity index (χ0n) is 13.0. The molecule has 1 atom stereocenters. The van der Waals surface area contributed by atoms with Crippen molar-refractivity contribution in [1.82, 2.24) is 10.2 Å². The van der Waals surface area contributed by atoms with E-state index in [0.717, 1.165) is 0 Å². The molecule has 7 nitrogen and oxygen atoms in total. The van der Waals surface area contributed by atoms with Gasteiger partial charge in [0.25, 0.3) is 0 Å². The first-order valence-corrected chi connectivity index (χ1v) is 7.09. The molecule has 21 heavy (non-hydrogen) atoms. The molecule has 1 saturated heterocycles. The van der Waals surface area contributed by atoms with Crippen LogP contribution in [0.15, 0.2) is 0 Å². The van der Waals surface area contributed by atoms with Gasteiger partial charge in [-0.15, -0.1) is 0 Å². The second kappa shape index (κ2) is 6.78. The quantitative estimate of drug-likeness (QED) is 0.784. The van der Waals surface area contributed by atoms with E-state index in [1.165, 1.54) is 0 Å². The molecule has 7 heteroatoms. The molecular weight excluding hydrogens is 276 g/mol. The Morgan fingerprint density at radius 2 is 1.76 bits per heavy atom. The van der Waals surface area contributed by atoms with Gasteiger partial charge in [0, 0.05) is 25.0 Å². The molecule has 0 aromatic rings. The second-order valence-electron chi connectivity index (χ2n) is 6.29. The molecule has 0 spiro atoms. The maximum absolute atomic E-state index is 12.2. The van der Waals surface area contributed by atoms with Crippen molar-refractivity contribution in [2.45, 2.75) is 52.2 Å². The number of aliphatic carboxylic acids is 1. The monoisotopic (exact) mass is 299 g/mol. The van der Waals surface area contributed by atoms with Crippen LogP contribution >= 0.6 is 0 Å². The molecule has 0 bridgehead atoms. The fourth-order valence-electron chi connectivity index (χ4n) is 2.16. The summed E-state index contributed by atoms with van der Waals surface area (Å²) in [5, 5.41) is 13.2. The topological polar surface area (TPSA) is 98.8 Å². The first-order chi connectivity index (χ1) is 9.60. The zero-order valence-corrected chi connectivity index (χ0v) is 13.0. The van der Waals surface area contributed by atoms with E-state index in [1.807, 2.05) is 0 Å². The SMILES string of the molecule is C[C@H](NC(=O)OC(C)(C)C)C(=O)N1CCC(C(=O)[O-])CC1. The van der Waals surface area contributed by atoms with Crippen LogP contribution in [0.3, 0.4) is 0 Å². The number of hydrogen-bond donors (Lipinski definition) is 1. The number of rotatable bonds is 3. The third-order valence-corrected chi connectivity index (χ3v) is 3.24. The number of amides is 2. The molecule has 0 radical (unpaired) electrons. The Hall–Kier alpha value is -1.79. The minimum Gasteiger partial charge on any atom is -0.550 e. The minimum absolute atomic E-state index is 0.238. The maximum atomic E-state index is 12.2. The summed E-state index contributed by atoms with van der Waals surface area (Å²) in [6, 6.07) is -0.709. The van der Waals surface area contributed by atoms with Crippen LogP contribution in [0.4, 0.5) is 4.79 Å². The molecule has 0 aromatic heterocycles. The average Bonchev–Trinajstić information content (AvgIpc) is 2.35. The van der Waals surface area contributed by atoms with Crippen molar-refractivity contribution in [3.63, 3.8) is 0 Å². The number of alkyl carbamates (subject to hydrolysis) is 1. The van der Waals surface area contributed by atoms with Gasteiger partial charge in [-0.05, 0) is 40.5 Å². The summed E-state index contributed by atoms with van der Waals surface area (Å²) < 4.78 is 5.09. The van der Waals surface area contributed by atoms with Crippen molar-refractivity contribution in [3.05, 3.63) is 0 Å². The Labute approximate surface area is 124 Å². The molecule has 0 saturated carbocycles. The molecule has 1 aliphatic heterocycles. The largest absolute Gasteiger partial charge is 0.550 e. The van der Waals surface area contributed by atoms with Crippen LogP contribution in [0.25, 0.3) is 0 Å². The molecule has 0 unspecified atom stereocenters. The summed E-state index contributed by atoms with van der Waals surface area (Å²) in [6.45, 7) is 7.52. The first kappa shape index (κ1) is 17.3. The fourth-order valence-corrected chi connectivity index (χ4v) is 2.16. The number of ether oxygens (including phenoxy) is 1. The number of likely N-dealkylation sites (tertiary alicyclic amines) is 1. The lowest BCUT2D eigenvalue weighted by Crippen LogP contribution is -2.51. The van der Waals surface area contributed by atoms with Gasteiger partial charge in [-0.1, -0.05) is 0 Å². The number of nitrogens with one attached hydrogen (secondary N) is 1. The van der Waals surface area contributed by atoms with Gasteiger partial charge in [-0.3, -0.25) is 4.79 Å². The van der Waals surface area contributed by atoms with E-state index in [9.17, 15) is 19.5 Å². The standard InChI is InChI=1S/C14H24N2O5/c1-9(15-13(20)21-14(2,3)4)11(17)16-7-5-10(6-8-16)12(18)19/h9-10H,5-8H2,1-4H3,(H,15,20)(H,18,19)/p-1/t9-/m0/s1. The summed E-state index contributed by atoms with van der Waals surface area (Å²) in [6.07, 6.45) is 0.119. The molecule has 1 fully saturated rings. The second-order valence-corrected chi connectivity index (χ2v) is 6.29. The maximum Gasteiger partial charge on any atom is 0.408 e. The van der Waals surface area contributed by atoms with Crippen molar-refractivity contribution in [1.29, 1.82) is 0 Å². The van der Waals surface area contributed by atoms with Gasteiger partial charge in [-0.2, -0.15) is 0 Å². The van der Waals surface area contributed by atoms with E-state index in [1.54, 1.807) is 32.6 Å². The van der Waals surface area contributed by atoms with Crippen molar-refractivity contribution in [3.8, 4) is 0 Å². The van der Waals surface area contributed by atoms with Crippen LogP contribution in [-0.2, 0) is 14.3 Å². The van der Waals surface area contributed by atoms with Gasteiger partial charge in [0.05, 0.1) is 0 Å². The predicted molar refractivity (Wildman–Crippen MR) is 73.1 cm³/mol. The van der Waals surface area contributed by atoms with Gasteiger partial charge in [0.15, 0.2) is 0 Å².